The Kier molecular flexibility index (Phi) is 5.93. The average molecular weight is 289 g/mol. The summed E-state index contributed by atoms with van der Waals surface area (Å²) < 4.78 is 0. The Hall–Kier alpha value is -0.770. The Bertz CT molecular complexity index is 417. The Labute approximate surface area is 119 Å². The first-order valence-corrected chi connectivity index (χ1v) is 6.32. The van der Waals surface area contributed by atoms with Crippen LogP contribution in [0.3, 0.4) is 0 Å². The molecule has 0 saturated carbocycles. The number of rotatable bonds is 3. The molecule has 5 heteroatoms. The second kappa shape index (κ2) is 6.98. The van der Waals surface area contributed by atoms with Gasteiger partial charge >= 0.3 is 0 Å². The van der Waals surface area contributed by atoms with Gasteiger partial charge in [-0.2, -0.15) is 0 Å². The minimum absolute atomic E-state index is 0. The molecule has 2 rings (SSSR count). The van der Waals surface area contributed by atoms with E-state index in [2.05, 4.69) is 10.6 Å². The maximum Gasteiger partial charge on any atom is 0.251 e. The van der Waals surface area contributed by atoms with Crippen molar-refractivity contribution >= 4 is 29.9 Å². The summed E-state index contributed by atoms with van der Waals surface area (Å²) in [4.78, 5) is 11.9. The number of hydrogen-bond acceptors (Lipinski definition) is 2. The predicted octanol–water partition coefficient (Wildman–Crippen LogP) is 2.55. The van der Waals surface area contributed by atoms with Gasteiger partial charge in [0.05, 0.1) is 0 Å². The molecular formula is C13H18Cl2N2O. The van der Waals surface area contributed by atoms with E-state index in [0.717, 1.165) is 18.5 Å². The van der Waals surface area contributed by atoms with Gasteiger partial charge in [0.2, 0.25) is 0 Å². The van der Waals surface area contributed by atoms with Crippen LogP contribution in [0.2, 0.25) is 5.02 Å². The highest BCUT2D eigenvalue weighted by molar-refractivity contribution is 6.31. The maximum absolute atomic E-state index is 11.9. The van der Waals surface area contributed by atoms with Gasteiger partial charge in [0, 0.05) is 23.2 Å². The van der Waals surface area contributed by atoms with Crippen LogP contribution in [0.25, 0.3) is 0 Å². The van der Waals surface area contributed by atoms with Crippen LogP contribution < -0.4 is 10.6 Å². The fourth-order valence-electron chi connectivity index (χ4n) is 2.03. The monoisotopic (exact) mass is 288 g/mol. The summed E-state index contributed by atoms with van der Waals surface area (Å²) in [5.74, 6) is -0.0292. The molecule has 18 heavy (non-hydrogen) atoms. The van der Waals surface area contributed by atoms with E-state index < -0.39 is 0 Å². The maximum atomic E-state index is 11.9. The largest absolute Gasteiger partial charge is 0.350 e. The molecule has 1 aromatic carbocycles. The van der Waals surface area contributed by atoms with Crippen molar-refractivity contribution in [1.29, 1.82) is 0 Å². The van der Waals surface area contributed by atoms with Gasteiger partial charge in [-0.05, 0) is 50.1 Å². The molecule has 1 saturated heterocycles. The Balaban J connectivity index is 0.00000162. The summed E-state index contributed by atoms with van der Waals surface area (Å²) in [6.07, 6.45) is 2.33. The van der Waals surface area contributed by atoms with Gasteiger partial charge in [-0.3, -0.25) is 4.79 Å². The molecule has 1 aliphatic heterocycles. The summed E-state index contributed by atoms with van der Waals surface area (Å²) in [5.41, 5.74) is 1.60. The van der Waals surface area contributed by atoms with E-state index in [1.54, 1.807) is 12.1 Å². The number of nitrogens with one attached hydrogen (secondary N) is 2. The highest BCUT2D eigenvalue weighted by atomic mass is 35.5. The zero-order chi connectivity index (χ0) is 12.3. The van der Waals surface area contributed by atoms with E-state index in [0.29, 0.717) is 23.2 Å². The van der Waals surface area contributed by atoms with Crippen molar-refractivity contribution in [2.45, 2.75) is 25.8 Å². The van der Waals surface area contributed by atoms with Crippen molar-refractivity contribution in [3.8, 4) is 0 Å². The zero-order valence-electron chi connectivity index (χ0n) is 10.3. The second-order valence-electron chi connectivity index (χ2n) is 4.47. The molecule has 1 amide bonds. The SMILES string of the molecule is Cc1cc(C(=O)NCC2CCCN2)ccc1Cl.Cl. The number of halogens is 2. The van der Waals surface area contributed by atoms with Crippen molar-refractivity contribution < 1.29 is 4.79 Å². The Morgan fingerprint density at radius 2 is 2.33 bits per heavy atom. The first-order valence-electron chi connectivity index (χ1n) is 5.94. The highest BCUT2D eigenvalue weighted by Crippen LogP contribution is 2.16. The normalized spacial score (nSPS) is 18.2. The number of carbonyl (C=O) groups excluding carboxylic acids is 1. The van der Waals surface area contributed by atoms with Crippen molar-refractivity contribution in [3.63, 3.8) is 0 Å². The molecule has 1 heterocycles. The van der Waals surface area contributed by atoms with Gasteiger partial charge < -0.3 is 10.6 Å². The molecule has 1 aliphatic rings. The second-order valence-corrected chi connectivity index (χ2v) is 4.87. The Morgan fingerprint density at radius 1 is 1.56 bits per heavy atom. The van der Waals surface area contributed by atoms with Gasteiger partial charge in [0.25, 0.3) is 5.91 Å². The Morgan fingerprint density at radius 3 is 2.94 bits per heavy atom. The van der Waals surface area contributed by atoms with Crippen LogP contribution in [0, 0.1) is 6.92 Å². The first kappa shape index (κ1) is 15.3. The quantitative estimate of drug-likeness (QED) is 0.898. The highest BCUT2D eigenvalue weighted by Gasteiger charge is 2.15. The van der Waals surface area contributed by atoms with Gasteiger partial charge in [0.1, 0.15) is 0 Å². The lowest BCUT2D eigenvalue weighted by molar-refractivity contribution is 0.0950. The van der Waals surface area contributed by atoms with Crippen molar-refractivity contribution in [2.24, 2.45) is 0 Å². The molecule has 0 radical (unpaired) electrons. The molecular weight excluding hydrogens is 271 g/mol. The summed E-state index contributed by atoms with van der Waals surface area (Å²) >= 11 is 5.92. The molecule has 3 nitrogen and oxygen atoms in total. The van der Waals surface area contributed by atoms with Crippen molar-refractivity contribution in [1.82, 2.24) is 10.6 Å². The molecule has 0 aromatic heterocycles. The number of hydrogen-bond donors (Lipinski definition) is 2. The van der Waals surface area contributed by atoms with E-state index in [1.165, 1.54) is 6.42 Å². The van der Waals surface area contributed by atoms with Gasteiger partial charge in [-0.25, -0.2) is 0 Å². The number of benzene rings is 1. The summed E-state index contributed by atoms with van der Waals surface area (Å²) in [6.45, 7) is 3.65. The third-order valence-electron chi connectivity index (χ3n) is 3.09. The first-order chi connectivity index (χ1) is 8.16. The standard InChI is InChI=1S/C13H17ClN2O.ClH/c1-9-7-10(4-5-12(9)14)13(17)16-8-11-3-2-6-15-11;/h4-5,7,11,15H,2-3,6,8H2,1H3,(H,16,17);1H. The van der Waals surface area contributed by atoms with Crippen LogP contribution in [0.15, 0.2) is 18.2 Å². The number of amides is 1. The minimum Gasteiger partial charge on any atom is -0.350 e. The number of carbonyl (C=O) groups is 1. The van der Waals surface area contributed by atoms with Crippen LogP contribution in [-0.4, -0.2) is 25.0 Å². The molecule has 0 spiro atoms. The van der Waals surface area contributed by atoms with E-state index >= 15 is 0 Å². The summed E-state index contributed by atoms with van der Waals surface area (Å²) in [7, 11) is 0. The number of aryl methyl sites for hydroxylation is 1. The summed E-state index contributed by atoms with van der Waals surface area (Å²) in [6, 6.07) is 5.76. The molecule has 0 aliphatic carbocycles. The summed E-state index contributed by atoms with van der Waals surface area (Å²) in [5, 5.41) is 6.98. The lowest BCUT2D eigenvalue weighted by Gasteiger charge is -2.11. The van der Waals surface area contributed by atoms with E-state index in [1.807, 2.05) is 13.0 Å². The minimum atomic E-state index is -0.0292. The predicted molar refractivity (Wildman–Crippen MR) is 76.8 cm³/mol. The molecule has 1 fully saturated rings. The molecule has 1 aromatic rings. The van der Waals surface area contributed by atoms with E-state index in [4.69, 9.17) is 11.6 Å². The smallest absolute Gasteiger partial charge is 0.251 e. The average Bonchev–Trinajstić information content (AvgIpc) is 2.82. The molecule has 0 bridgehead atoms. The van der Waals surface area contributed by atoms with Crippen LogP contribution in [0.1, 0.15) is 28.8 Å². The van der Waals surface area contributed by atoms with Gasteiger partial charge in [0.15, 0.2) is 0 Å². The van der Waals surface area contributed by atoms with Crippen LogP contribution >= 0.6 is 24.0 Å². The molecule has 2 N–H and O–H groups in total. The van der Waals surface area contributed by atoms with Crippen LogP contribution in [-0.2, 0) is 0 Å². The lowest BCUT2D eigenvalue weighted by atomic mass is 10.1. The van der Waals surface area contributed by atoms with Crippen LogP contribution in [0.4, 0.5) is 0 Å². The third kappa shape index (κ3) is 3.87. The van der Waals surface area contributed by atoms with Gasteiger partial charge in [-0.15, -0.1) is 12.4 Å². The van der Waals surface area contributed by atoms with Crippen molar-refractivity contribution in [2.75, 3.05) is 13.1 Å². The van der Waals surface area contributed by atoms with E-state index in [-0.39, 0.29) is 18.3 Å². The van der Waals surface area contributed by atoms with Crippen LogP contribution in [0.5, 0.6) is 0 Å². The van der Waals surface area contributed by atoms with Crippen molar-refractivity contribution in [3.05, 3.63) is 34.3 Å². The third-order valence-corrected chi connectivity index (χ3v) is 3.52. The van der Waals surface area contributed by atoms with E-state index in [9.17, 15) is 4.79 Å². The topological polar surface area (TPSA) is 41.1 Å². The fraction of sp³-hybridized carbons (Fsp3) is 0.462. The lowest BCUT2D eigenvalue weighted by Crippen LogP contribution is -2.37. The molecule has 1 atom stereocenters. The molecule has 100 valence electrons. The fourth-order valence-corrected chi connectivity index (χ4v) is 2.15. The van der Waals surface area contributed by atoms with Gasteiger partial charge in [-0.1, -0.05) is 11.6 Å². The zero-order valence-corrected chi connectivity index (χ0v) is 11.9. The molecule has 1 unspecified atom stereocenters.